The van der Waals surface area contributed by atoms with E-state index in [1.54, 1.807) is 6.20 Å². The summed E-state index contributed by atoms with van der Waals surface area (Å²) in [6.45, 7) is 0. The lowest BCUT2D eigenvalue weighted by Gasteiger charge is -1.91. The quantitative estimate of drug-likeness (QED) is 0.482. The Labute approximate surface area is 64.3 Å². The first-order valence-corrected chi connectivity index (χ1v) is 3.12. The highest BCUT2D eigenvalue weighted by Crippen LogP contribution is 2.12. The molecule has 0 saturated heterocycles. The van der Waals surface area contributed by atoms with Gasteiger partial charge in [-0.05, 0) is 0 Å². The fourth-order valence-corrected chi connectivity index (χ4v) is 0.924. The number of hydrogen-bond acceptors (Lipinski definition) is 3. The van der Waals surface area contributed by atoms with Crippen molar-refractivity contribution < 1.29 is 0 Å². The zero-order chi connectivity index (χ0) is 7.84. The molecule has 3 N–H and O–H groups in total. The van der Waals surface area contributed by atoms with Gasteiger partial charge in [-0.2, -0.15) is 0 Å². The van der Waals surface area contributed by atoms with Gasteiger partial charge in [0.1, 0.15) is 13.4 Å². The molecule has 0 atom stereocenters. The van der Waals surface area contributed by atoms with Crippen LogP contribution in [0.25, 0.3) is 11.2 Å². The van der Waals surface area contributed by atoms with Crippen molar-refractivity contribution in [1.29, 1.82) is 0 Å². The highest BCUT2D eigenvalue weighted by atomic mass is 14.9. The van der Waals surface area contributed by atoms with E-state index in [0.29, 0.717) is 22.4 Å². The topological polar surface area (TPSA) is 67.6 Å². The molecular formula is C6H5BN4. The summed E-state index contributed by atoms with van der Waals surface area (Å²) in [6, 6.07) is 0. The molecule has 0 saturated carbocycles. The first-order chi connectivity index (χ1) is 5.27. The lowest BCUT2D eigenvalue weighted by molar-refractivity contribution is 1.29. The molecule has 0 aliphatic heterocycles. The molecule has 2 rings (SSSR count). The predicted octanol–water partition coefficient (Wildman–Crippen LogP) is -0.666. The van der Waals surface area contributed by atoms with Gasteiger partial charge in [-0.1, -0.05) is 0 Å². The van der Waals surface area contributed by atoms with Crippen LogP contribution in [0.1, 0.15) is 0 Å². The lowest BCUT2D eigenvalue weighted by atomic mass is 10.1. The molecule has 5 heteroatoms. The first-order valence-electron chi connectivity index (χ1n) is 3.12. The van der Waals surface area contributed by atoms with Crippen LogP contribution in [0, 0.1) is 0 Å². The molecule has 52 valence electrons. The number of hydrogen-bond donors (Lipinski definition) is 2. The normalized spacial score (nSPS) is 10.5. The fourth-order valence-electron chi connectivity index (χ4n) is 0.924. The molecule has 2 heterocycles. The smallest absolute Gasteiger partial charge is 0.158 e. The predicted molar refractivity (Wildman–Crippen MR) is 43.7 cm³/mol. The second kappa shape index (κ2) is 1.98. The summed E-state index contributed by atoms with van der Waals surface area (Å²) in [4.78, 5) is 10.8. The van der Waals surface area contributed by atoms with Crippen LogP contribution >= 0.6 is 0 Å². The monoisotopic (exact) mass is 144 g/mol. The minimum atomic E-state index is 0.379. The van der Waals surface area contributed by atoms with Crippen molar-refractivity contribution in [1.82, 2.24) is 15.0 Å². The maximum Gasteiger partial charge on any atom is 0.158 e. The van der Waals surface area contributed by atoms with Gasteiger partial charge in [-0.25, -0.2) is 4.98 Å². The van der Waals surface area contributed by atoms with Gasteiger partial charge in [0, 0.05) is 18.0 Å². The highest BCUT2D eigenvalue weighted by Gasteiger charge is 2.01. The zero-order valence-electron chi connectivity index (χ0n) is 5.70. The minimum absolute atomic E-state index is 0.379. The van der Waals surface area contributed by atoms with Crippen LogP contribution in [0.2, 0.25) is 0 Å². The molecule has 0 fully saturated rings. The molecule has 2 aromatic rings. The summed E-state index contributed by atoms with van der Waals surface area (Å²) < 4.78 is 0. The Hall–Kier alpha value is -1.52. The van der Waals surface area contributed by atoms with Gasteiger partial charge >= 0.3 is 0 Å². The van der Waals surface area contributed by atoms with E-state index in [-0.39, 0.29) is 0 Å². The van der Waals surface area contributed by atoms with Crippen LogP contribution < -0.4 is 11.3 Å². The standard InChI is InChI=1S/C6H5BN4/c7-4-2-10-6-5(11-4)3(8)1-9-6/h1-2H,8H2,(H,9,10). The Bertz CT molecular complexity index is 394. The van der Waals surface area contributed by atoms with Crippen molar-refractivity contribution in [3.05, 3.63) is 12.4 Å². The third-order valence-electron chi connectivity index (χ3n) is 1.43. The molecule has 0 amide bonds. The van der Waals surface area contributed by atoms with Gasteiger partial charge in [0.05, 0.1) is 5.69 Å². The summed E-state index contributed by atoms with van der Waals surface area (Å²) in [6.07, 6.45) is 3.13. The van der Waals surface area contributed by atoms with E-state index in [1.807, 2.05) is 0 Å². The number of anilines is 1. The Balaban J connectivity index is 2.87. The summed E-state index contributed by atoms with van der Waals surface area (Å²) in [5.74, 6) is 0. The molecular weight excluding hydrogens is 139 g/mol. The van der Waals surface area contributed by atoms with E-state index < -0.39 is 0 Å². The molecule has 2 radical (unpaired) electrons. The van der Waals surface area contributed by atoms with Crippen LogP contribution in [0.3, 0.4) is 0 Å². The molecule has 4 nitrogen and oxygen atoms in total. The van der Waals surface area contributed by atoms with Crippen LogP contribution in [0.15, 0.2) is 12.4 Å². The van der Waals surface area contributed by atoms with Crippen molar-refractivity contribution >= 4 is 30.3 Å². The average Bonchev–Trinajstić information content (AvgIpc) is 2.33. The number of aromatic amines is 1. The van der Waals surface area contributed by atoms with Gasteiger partial charge in [-0.15, -0.1) is 0 Å². The maximum absolute atomic E-state index is 5.56. The van der Waals surface area contributed by atoms with Gasteiger partial charge in [-0.3, -0.25) is 4.98 Å². The number of aromatic nitrogens is 3. The number of rotatable bonds is 0. The lowest BCUT2D eigenvalue weighted by Crippen LogP contribution is -2.08. The first kappa shape index (κ1) is 6.21. The SMILES string of the molecule is [B]c1cnc2[nH]cc(N)c2n1. The van der Waals surface area contributed by atoms with E-state index in [1.165, 1.54) is 6.20 Å². The number of nitrogens with zero attached hydrogens (tertiary/aromatic N) is 2. The number of nitrogens with two attached hydrogens (primary N) is 1. The molecule has 0 aliphatic carbocycles. The molecule has 0 aliphatic rings. The van der Waals surface area contributed by atoms with Crippen molar-refractivity contribution in [3.8, 4) is 0 Å². The van der Waals surface area contributed by atoms with Gasteiger partial charge in [0.15, 0.2) is 5.65 Å². The summed E-state index contributed by atoms with van der Waals surface area (Å²) in [5, 5.41) is 0. The molecule has 0 bridgehead atoms. The molecule has 0 unspecified atom stereocenters. The minimum Gasteiger partial charge on any atom is -0.396 e. The fraction of sp³-hybridized carbons (Fsp3) is 0. The largest absolute Gasteiger partial charge is 0.396 e. The van der Waals surface area contributed by atoms with Crippen molar-refractivity contribution in [2.45, 2.75) is 0 Å². The van der Waals surface area contributed by atoms with Crippen LogP contribution in [-0.4, -0.2) is 22.8 Å². The van der Waals surface area contributed by atoms with Gasteiger partial charge < -0.3 is 10.7 Å². The second-order valence-electron chi connectivity index (χ2n) is 2.24. The van der Waals surface area contributed by atoms with E-state index in [9.17, 15) is 0 Å². The van der Waals surface area contributed by atoms with E-state index >= 15 is 0 Å². The maximum atomic E-state index is 5.56. The Morgan fingerprint density at radius 1 is 1.55 bits per heavy atom. The van der Waals surface area contributed by atoms with Crippen molar-refractivity contribution in [2.75, 3.05) is 5.73 Å². The van der Waals surface area contributed by atoms with Crippen molar-refractivity contribution in [2.24, 2.45) is 0 Å². The van der Waals surface area contributed by atoms with Crippen molar-refractivity contribution in [3.63, 3.8) is 0 Å². The number of nitrogens with one attached hydrogen (secondary N) is 1. The highest BCUT2D eigenvalue weighted by molar-refractivity contribution is 6.30. The molecule has 11 heavy (non-hydrogen) atoms. The molecule has 2 aromatic heterocycles. The summed E-state index contributed by atoms with van der Waals surface area (Å²) in [7, 11) is 5.41. The molecule has 0 spiro atoms. The van der Waals surface area contributed by atoms with Crippen LogP contribution in [0.4, 0.5) is 5.69 Å². The average molecular weight is 144 g/mol. The van der Waals surface area contributed by atoms with Crippen LogP contribution in [-0.2, 0) is 0 Å². The number of nitrogen functional groups attached to an aromatic ring is 1. The number of H-pyrrole nitrogens is 1. The summed E-state index contributed by atoms with van der Waals surface area (Å²) in [5.41, 5.74) is 7.80. The zero-order valence-corrected chi connectivity index (χ0v) is 5.70. The Morgan fingerprint density at radius 2 is 2.36 bits per heavy atom. The van der Waals surface area contributed by atoms with Gasteiger partial charge in [0.2, 0.25) is 0 Å². The third-order valence-corrected chi connectivity index (χ3v) is 1.43. The van der Waals surface area contributed by atoms with E-state index in [4.69, 9.17) is 13.6 Å². The number of fused-ring (bicyclic) bond motifs is 1. The van der Waals surface area contributed by atoms with Gasteiger partial charge in [0.25, 0.3) is 0 Å². The third kappa shape index (κ3) is 0.850. The van der Waals surface area contributed by atoms with Crippen LogP contribution in [0.5, 0.6) is 0 Å². The second-order valence-corrected chi connectivity index (χ2v) is 2.24. The Morgan fingerprint density at radius 3 is 3.18 bits per heavy atom. The summed E-state index contributed by atoms with van der Waals surface area (Å²) >= 11 is 0. The molecule has 0 aromatic carbocycles. The van der Waals surface area contributed by atoms with E-state index in [0.717, 1.165) is 0 Å². The Kier molecular flexibility index (Phi) is 1.12. The van der Waals surface area contributed by atoms with E-state index in [2.05, 4.69) is 15.0 Å².